The van der Waals surface area contributed by atoms with Crippen LogP contribution in [-0.4, -0.2) is 46.0 Å². The van der Waals surface area contributed by atoms with Crippen molar-refractivity contribution in [3.05, 3.63) is 11.4 Å². The lowest BCUT2D eigenvalue weighted by atomic mass is 10.1. The number of carbonyl (C=O) groups excluding carboxylic acids is 2. The summed E-state index contributed by atoms with van der Waals surface area (Å²) >= 11 is 0. The number of aromatic amines is 1. The van der Waals surface area contributed by atoms with Crippen LogP contribution in [0.4, 0.5) is 5.69 Å². The number of nitrogen functional groups attached to an aromatic ring is 1. The Morgan fingerprint density at radius 1 is 1.61 bits per heavy atom. The standard InChI is InChI=1S/C11H17N5O2/c1-3-7-10(17)13-4-5-16(7)11(18)9-8(12)6(2)14-15-9/h7H,3-5,12H2,1-2H3,(H,13,17)(H,14,15). The van der Waals surface area contributed by atoms with Crippen LogP contribution in [0, 0.1) is 6.92 Å². The second-order valence-corrected chi connectivity index (χ2v) is 4.32. The van der Waals surface area contributed by atoms with E-state index >= 15 is 0 Å². The van der Waals surface area contributed by atoms with E-state index in [0.29, 0.717) is 30.9 Å². The van der Waals surface area contributed by atoms with E-state index in [-0.39, 0.29) is 17.5 Å². The van der Waals surface area contributed by atoms with Gasteiger partial charge in [0.2, 0.25) is 5.91 Å². The van der Waals surface area contributed by atoms with E-state index in [1.54, 1.807) is 6.92 Å². The molecule has 1 aromatic heterocycles. The third-order valence-corrected chi connectivity index (χ3v) is 3.18. The molecule has 7 heteroatoms. The summed E-state index contributed by atoms with van der Waals surface area (Å²) in [4.78, 5) is 25.6. The van der Waals surface area contributed by atoms with Crippen molar-refractivity contribution in [1.29, 1.82) is 0 Å². The van der Waals surface area contributed by atoms with Crippen LogP contribution in [0.15, 0.2) is 0 Å². The van der Waals surface area contributed by atoms with E-state index in [1.807, 2.05) is 6.92 Å². The first-order chi connectivity index (χ1) is 8.56. The van der Waals surface area contributed by atoms with E-state index in [4.69, 9.17) is 5.73 Å². The molecule has 2 rings (SSSR count). The molecule has 0 aliphatic carbocycles. The molecule has 1 fully saturated rings. The van der Waals surface area contributed by atoms with Crippen molar-refractivity contribution in [3.8, 4) is 0 Å². The first kappa shape index (κ1) is 12.4. The number of aromatic nitrogens is 2. The Balaban J connectivity index is 2.27. The number of aryl methyl sites for hydroxylation is 1. The van der Waals surface area contributed by atoms with Crippen LogP contribution in [0.1, 0.15) is 29.5 Å². The first-order valence-electron chi connectivity index (χ1n) is 5.95. The van der Waals surface area contributed by atoms with E-state index in [9.17, 15) is 9.59 Å². The summed E-state index contributed by atoms with van der Waals surface area (Å²) in [5, 5.41) is 9.34. The van der Waals surface area contributed by atoms with Crippen LogP contribution in [0.5, 0.6) is 0 Å². The number of carbonyl (C=O) groups is 2. The summed E-state index contributed by atoms with van der Waals surface area (Å²) in [7, 11) is 0. The third kappa shape index (κ3) is 1.92. The van der Waals surface area contributed by atoms with Gasteiger partial charge in [0.15, 0.2) is 5.69 Å². The highest BCUT2D eigenvalue weighted by Crippen LogP contribution is 2.18. The van der Waals surface area contributed by atoms with Crippen molar-refractivity contribution in [1.82, 2.24) is 20.4 Å². The van der Waals surface area contributed by atoms with Gasteiger partial charge in [0.1, 0.15) is 6.04 Å². The fraction of sp³-hybridized carbons (Fsp3) is 0.545. The lowest BCUT2D eigenvalue weighted by Crippen LogP contribution is -2.57. The van der Waals surface area contributed by atoms with Gasteiger partial charge in [-0.25, -0.2) is 0 Å². The van der Waals surface area contributed by atoms with Crippen LogP contribution in [-0.2, 0) is 4.79 Å². The highest BCUT2D eigenvalue weighted by Gasteiger charge is 2.34. The Hall–Kier alpha value is -2.05. The maximum atomic E-state index is 12.3. The minimum atomic E-state index is -0.442. The Kier molecular flexibility index (Phi) is 3.22. The van der Waals surface area contributed by atoms with Crippen molar-refractivity contribution >= 4 is 17.5 Å². The number of amides is 2. The van der Waals surface area contributed by atoms with Crippen molar-refractivity contribution in [2.24, 2.45) is 0 Å². The van der Waals surface area contributed by atoms with E-state index < -0.39 is 6.04 Å². The molecule has 1 atom stereocenters. The average Bonchev–Trinajstić information content (AvgIpc) is 2.69. The van der Waals surface area contributed by atoms with Gasteiger partial charge in [-0.1, -0.05) is 6.92 Å². The maximum absolute atomic E-state index is 12.3. The Morgan fingerprint density at radius 3 is 2.89 bits per heavy atom. The second kappa shape index (κ2) is 4.67. The molecule has 0 saturated carbocycles. The van der Waals surface area contributed by atoms with Crippen LogP contribution < -0.4 is 11.1 Å². The van der Waals surface area contributed by atoms with Crippen molar-refractivity contribution in [2.45, 2.75) is 26.3 Å². The summed E-state index contributed by atoms with van der Waals surface area (Å²) in [6.45, 7) is 4.56. The molecule has 4 N–H and O–H groups in total. The van der Waals surface area contributed by atoms with Crippen LogP contribution >= 0.6 is 0 Å². The number of H-pyrrole nitrogens is 1. The summed E-state index contributed by atoms with van der Waals surface area (Å²) in [6.07, 6.45) is 0.570. The summed E-state index contributed by atoms with van der Waals surface area (Å²) in [5.74, 6) is -0.415. The number of piperazine rings is 1. The molecular formula is C11H17N5O2. The molecule has 1 aromatic rings. The van der Waals surface area contributed by atoms with Gasteiger partial charge in [-0.05, 0) is 13.3 Å². The van der Waals surface area contributed by atoms with Gasteiger partial charge in [0.25, 0.3) is 5.91 Å². The zero-order valence-corrected chi connectivity index (χ0v) is 10.5. The first-order valence-corrected chi connectivity index (χ1v) is 5.95. The van der Waals surface area contributed by atoms with Gasteiger partial charge in [-0.15, -0.1) is 0 Å². The van der Waals surface area contributed by atoms with Gasteiger partial charge in [-0.3, -0.25) is 14.7 Å². The van der Waals surface area contributed by atoms with E-state index in [0.717, 1.165) is 0 Å². The molecule has 0 bridgehead atoms. The summed E-state index contributed by atoms with van der Waals surface area (Å²) < 4.78 is 0. The minimum Gasteiger partial charge on any atom is -0.395 e. The summed E-state index contributed by atoms with van der Waals surface area (Å²) in [6, 6.07) is -0.442. The van der Waals surface area contributed by atoms with Gasteiger partial charge < -0.3 is 16.0 Å². The molecular weight excluding hydrogens is 234 g/mol. The Morgan fingerprint density at radius 2 is 2.33 bits per heavy atom. The molecule has 7 nitrogen and oxygen atoms in total. The molecule has 1 saturated heterocycles. The second-order valence-electron chi connectivity index (χ2n) is 4.32. The molecule has 1 aliphatic heterocycles. The monoisotopic (exact) mass is 251 g/mol. The molecule has 0 radical (unpaired) electrons. The number of anilines is 1. The molecule has 2 heterocycles. The van der Waals surface area contributed by atoms with E-state index in [1.165, 1.54) is 4.90 Å². The molecule has 1 unspecified atom stereocenters. The van der Waals surface area contributed by atoms with E-state index in [2.05, 4.69) is 15.5 Å². The molecule has 0 aromatic carbocycles. The zero-order valence-electron chi connectivity index (χ0n) is 10.5. The average molecular weight is 251 g/mol. The predicted octanol–water partition coefficient (Wildman–Crippen LogP) is -0.349. The maximum Gasteiger partial charge on any atom is 0.277 e. The van der Waals surface area contributed by atoms with Crippen LogP contribution in [0.2, 0.25) is 0 Å². The summed E-state index contributed by atoms with van der Waals surface area (Å²) in [5.41, 5.74) is 6.99. The fourth-order valence-corrected chi connectivity index (χ4v) is 2.10. The molecule has 2 amide bonds. The van der Waals surface area contributed by atoms with Crippen molar-refractivity contribution in [2.75, 3.05) is 18.8 Å². The van der Waals surface area contributed by atoms with Gasteiger partial charge >= 0.3 is 0 Å². The number of rotatable bonds is 2. The van der Waals surface area contributed by atoms with Crippen LogP contribution in [0.25, 0.3) is 0 Å². The Labute approximate surface area is 105 Å². The quantitative estimate of drug-likeness (QED) is 0.668. The predicted molar refractivity (Wildman–Crippen MR) is 65.9 cm³/mol. The normalized spacial score (nSPS) is 19.8. The minimum absolute atomic E-state index is 0.122. The molecule has 1 aliphatic rings. The number of hydrogen-bond donors (Lipinski definition) is 3. The SMILES string of the molecule is CCC1C(=O)NCCN1C(=O)c1n[nH]c(C)c1N. The lowest BCUT2D eigenvalue weighted by molar-refractivity contribution is -0.127. The van der Waals surface area contributed by atoms with Crippen LogP contribution in [0.3, 0.4) is 0 Å². The Bertz CT molecular complexity index is 482. The smallest absolute Gasteiger partial charge is 0.277 e. The van der Waals surface area contributed by atoms with Gasteiger partial charge in [-0.2, -0.15) is 5.10 Å². The highest BCUT2D eigenvalue weighted by molar-refractivity contribution is 6.00. The van der Waals surface area contributed by atoms with Crippen molar-refractivity contribution in [3.63, 3.8) is 0 Å². The zero-order chi connectivity index (χ0) is 13.3. The molecule has 98 valence electrons. The number of hydrogen-bond acceptors (Lipinski definition) is 4. The largest absolute Gasteiger partial charge is 0.395 e. The van der Waals surface area contributed by atoms with Crippen molar-refractivity contribution < 1.29 is 9.59 Å². The topological polar surface area (TPSA) is 104 Å². The highest BCUT2D eigenvalue weighted by atomic mass is 16.2. The van der Waals surface area contributed by atoms with Gasteiger partial charge in [0.05, 0.1) is 11.4 Å². The fourth-order valence-electron chi connectivity index (χ4n) is 2.10. The van der Waals surface area contributed by atoms with Gasteiger partial charge in [0, 0.05) is 13.1 Å². The number of nitrogens with one attached hydrogen (secondary N) is 2. The number of nitrogens with zero attached hydrogens (tertiary/aromatic N) is 2. The third-order valence-electron chi connectivity index (χ3n) is 3.18. The molecule has 18 heavy (non-hydrogen) atoms. The number of nitrogens with two attached hydrogens (primary N) is 1. The molecule has 0 spiro atoms. The lowest BCUT2D eigenvalue weighted by Gasteiger charge is -2.34.